The molecule has 1 amide bonds. The third-order valence-electron chi connectivity index (χ3n) is 3.02. The van der Waals surface area contributed by atoms with Crippen molar-refractivity contribution in [3.05, 3.63) is 11.9 Å². The topological polar surface area (TPSA) is 85.4 Å². The first-order valence-corrected chi connectivity index (χ1v) is 6.20. The third kappa shape index (κ3) is 3.71. The number of aromatic nitrogens is 2. The molecule has 0 radical (unpaired) electrons. The molecule has 1 aromatic heterocycles. The normalized spacial score (nSPS) is 17.8. The lowest BCUT2D eigenvalue weighted by atomic mass is 10.1. The van der Waals surface area contributed by atoms with E-state index in [9.17, 15) is 4.79 Å². The zero-order valence-electron chi connectivity index (χ0n) is 11.5. The molecule has 0 bridgehead atoms. The number of rotatable bonds is 4. The SMILES string of the molecule is COc1ncnc(OC)c1C(=O)N[C@H]1CCCNC1.Cl. The molecule has 7 nitrogen and oxygen atoms in total. The Balaban J connectivity index is 0.00000200. The van der Waals surface area contributed by atoms with Crippen molar-refractivity contribution in [2.75, 3.05) is 27.3 Å². The van der Waals surface area contributed by atoms with Gasteiger partial charge in [0.1, 0.15) is 6.33 Å². The molecular formula is C12H19ClN4O3. The van der Waals surface area contributed by atoms with Gasteiger partial charge in [-0.05, 0) is 19.4 Å². The van der Waals surface area contributed by atoms with E-state index in [1.165, 1.54) is 20.5 Å². The molecular weight excluding hydrogens is 284 g/mol. The number of nitrogens with one attached hydrogen (secondary N) is 2. The van der Waals surface area contributed by atoms with Crippen LogP contribution >= 0.6 is 12.4 Å². The highest BCUT2D eigenvalue weighted by atomic mass is 35.5. The van der Waals surface area contributed by atoms with Crippen molar-refractivity contribution in [3.63, 3.8) is 0 Å². The Morgan fingerprint density at radius 1 is 1.35 bits per heavy atom. The molecule has 1 aliphatic heterocycles. The molecule has 20 heavy (non-hydrogen) atoms. The molecule has 1 fully saturated rings. The predicted molar refractivity (Wildman–Crippen MR) is 75.7 cm³/mol. The van der Waals surface area contributed by atoms with Crippen LogP contribution in [0, 0.1) is 0 Å². The van der Waals surface area contributed by atoms with Gasteiger partial charge in [0.25, 0.3) is 5.91 Å². The summed E-state index contributed by atoms with van der Waals surface area (Å²) in [6.07, 6.45) is 3.30. The van der Waals surface area contributed by atoms with Crippen molar-refractivity contribution < 1.29 is 14.3 Å². The first-order valence-electron chi connectivity index (χ1n) is 6.20. The highest BCUT2D eigenvalue weighted by molar-refractivity contribution is 5.98. The van der Waals surface area contributed by atoms with E-state index in [0.29, 0.717) is 0 Å². The van der Waals surface area contributed by atoms with Crippen molar-refractivity contribution in [3.8, 4) is 11.8 Å². The van der Waals surface area contributed by atoms with Gasteiger partial charge >= 0.3 is 0 Å². The number of ether oxygens (including phenoxy) is 2. The van der Waals surface area contributed by atoms with Crippen LogP contribution in [0.4, 0.5) is 0 Å². The highest BCUT2D eigenvalue weighted by Gasteiger charge is 2.24. The fraction of sp³-hybridized carbons (Fsp3) is 0.583. The minimum atomic E-state index is -0.275. The summed E-state index contributed by atoms with van der Waals surface area (Å²) in [5.41, 5.74) is 0.234. The van der Waals surface area contributed by atoms with Crippen molar-refractivity contribution in [1.29, 1.82) is 0 Å². The zero-order chi connectivity index (χ0) is 13.7. The third-order valence-corrected chi connectivity index (χ3v) is 3.02. The zero-order valence-corrected chi connectivity index (χ0v) is 12.3. The summed E-state index contributed by atoms with van der Waals surface area (Å²) in [5.74, 6) is 0.157. The van der Waals surface area contributed by atoms with E-state index in [-0.39, 0.29) is 41.7 Å². The number of hydrogen-bond acceptors (Lipinski definition) is 6. The summed E-state index contributed by atoms with van der Waals surface area (Å²) in [5, 5.41) is 6.18. The second kappa shape index (κ2) is 7.86. The Hall–Kier alpha value is -1.60. The lowest BCUT2D eigenvalue weighted by molar-refractivity contribution is 0.0922. The molecule has 0 aliphatic carbocycles. The number of piperidine rings is 1. The second-order valence-corrected chi connectivity index (χ2v) is 4.28. The number of carbonyl (C=O) groups excluding carboxylic acids is 1. The van der Waals surface area contributed by atoms with Gasteiger partial charge in [0.2, 0.25) is 11.8 Å². The van der Waals surface area contributed by atoms with E-state index in [4.69, 9.17) is 9.47 Å². The largest absolute Gasteiger partial charge is 0.480 e. The predicted octanol–water partition coefficient (Wildman–Crippen LogP) is 0.397. The molecule has 2 N–H and O–H groups in total. The average Bonchev–Trinajstić information content (AvgIpc) is 2.47. The molecule has 1 aliphatic rings. The van der Waals surface area contributed by atoms with Crippen LogP contribution in [0.1, 0.15) is 23.2 Å². The Morgan fingerprint density at radius 2 is 2.00 bits per heavy atom. The maximum Gasteiger partial charge on any atom is 0.262 e. The summed E-state index contributed by atoms with van der Waals surface area (Å²) in [4.78, 5) is 20.2. The summed E-state index contributed by atoms with van der Waals surface area (Å²) >= 11 is 0. The summed E-state index contributed by atoms with van der Waals surface area (Å²) < 4.78 is 10.2. The van der Waals surface area contributed by atoms with Gasteiger partial charge in [-0.25, -0.2) is 9.97 Å². The fourth-order valence-electron chi connectivity index (χ4n) is 2.09. The number of carbonyl (C=O) groups is 1. The monoisotopic (exact) mass is 302 g/mol. The van der Waals surface area contributed by atoms with Gasteiger partial charge in [-0.3, -0.25) is 4.79 Å². The lowest BCUT2D eigenvalue weighted by Gasteiger charge is -2.24. The van der Waals surface area contributed by atoms with E-state index >= 15 is 0 Å². The highest BCUT2D eigenvalue weighted by Crippen LogP contribution is 2.23. The molecule has 2 heterocycles. The summed E-state index contributed by atoms with van der Waals surface area (Å²) in [6, 6.07) is 0.107. The van der Waals surface area contributed by atoms with E-state index in [1.807, 2.05) is 0 Å². The molecule has 0 saturated carbocycles. The Kier molecular flexibility index (Phi) is 6.47. The molecule has 0 spiro atoms. The van der Waals surface area contributed by atoms with Crippen molar-refractivity contribution >= 4 is 18.3 Å². The van der Waals surface area contributed by atoms with Crippen molar-refractivity contribution in [2.24, 2.45) is 0 Å². The summed E-state index contributed by atoms with van der Waals surface area (Å²) in [7, 11) is 2.92. The van der Waals surface area contributed by atoms with Crippen LogP contribution in [0.5, 0.6) is 11.8 Å². The Labute approximate surface area is 123 Å². The number of methoxy groups -OCH3 is 2. The van der Waals surface area contributed by atoms with Crippen LogP contribution in [-0.2, 0) is 0 Å². The van der Waals surface area contributed by atoms with Crippen LogP contribution in [0.15, 0.2) is 6.33 Å². The van der Waals surface area contributed by atoms with Gasteiger partial charge in [-0.2, -0.15) is 0 Å². The van der Waals surface area contributed by atoms with Crippen LogP contribution in [0.2, 0.25) is 0 Å². The average molecular weight is 303 g/mol. The van der Waals surface area contributed by atoms with Crippen molar-refractivity contribution in [2.45, 2.75) is 18.9 Å². The number of amides is 1. The van der Waals surface area contributed by atoms with Crippen LogP contribution in [0.3, 0.4) is 0 Å². The fourth-order valence-corrected chi connectivity index (χ4v) is 2.09. The van der Waals surface area contributed by atoms with Crippen LogP contribution in [0.25, 0.3) is 0 Å². The molecule has 1 saturated heterocycles. The van der Waals surface area contributed by atoms with Crippen LogP contribution in [-0.4, -0.2) is 49.2 Å². The van der Waals surface area contributed by atoms with E-state index in [1.54, 1.807) is 0 Å². The first-order chi connectivity index (χ1) is 9.26. The van der Waals surface area contributed by atoms with Gasteiger partial charge in [-0.1, -0.05) is 0 Å². The summed E-state index contributed by atoms with van der Waals surface area (Å²) in [6.45, 7) is 1.76. The van der Waals surface area contributed by atoms with Gasteiger partial charge in [-0.15, -0.1) is 12.4 Å². The standard InChI is InChI=1S/C12H18N4O3.ClH/c1-18-11-9(12(19-2)15-7-14-11)10(17)16-8-4-3-5-13-6-8;/h7-8,13H,3-6H2,1-2H3,(H,16,17);1H/t8-;/m0./s1. The molecule has 0 aromatic carbocycles. The first kappa shape index (κ1) is 16.5. The second-order valence-electron chi connectivity index (χ2n) is 4.28. The molecule has 0 unspecified atom stereocenters. The number of nitrogens with zero attached hydrogens (tertiary/aromatic N) is 2. The number of halogens is 1. The lowest BCUT2D eigenvalue weighted by Crippen LogP contribution is -2.45. The maximum atomic E-state index is 12.3. The van der Waals surface area contributed by atoms with Gasteiger partial charge < -0.3 is 20.1 Å². The minimum absolute atomic E-state index is 0. The molecule has 1 atom stereocenters. The van der Waals surface area contributed by atoms with Crippen LogP contribution < -0.4 is 20.1 Å². The van der Waals surface area contributed by atoms with E-state index < -0.39 is 0 Å². The van der Waals surface area contributed by atoms with Crippen molar-refractivity contribution in [1.82, 2.24) is 20.6 Å². The Morgan fingerprint density at radius 3 is 2.50 bits per heavy atom. The van der Waals surface area contributed by atoms with Gasteiger partial charge in [0.05, 0.1) is 14.2 Å². The minimum Gasteiger partial charge on any atom is -0.480 e. The number of hydrogen-bond donors (Lipinski definition) is 2. The van der Waals surface area contributed by atoms with Gasteiger partial charge in [0, 0.05) is 12.6 Å². The molecule has 1 aromatic rings. The molecule has 2 rings (SSSR count). The maximum absolute atomic E-state index is 12.3. The smallest absolute Gasteiger partial charge is 0.262 e. The molecule has 112 valence electrons. The van der Waals surface area contributed by atoms with E-state index in [0.717, 1.165) is 25.9 Å². The van der Waals surface area contributed by atoms with Gasteiger partial charge in [0.15, 0.2) is 5.56 Å². The molecule has 8 heteroatoms. The quantitative estimate of drug-likeness (QED) is 0.837. The van der Waals surface area contributed by atoms with E-state index in [2.05, 4.69) is 20.6 Å². The Bertz CT molecular complexity index is 430.